The molecule has 1 aliphatic carbocycles. The van der Waals surface area contributed by atoms with E-state index in [0.717, 1.165) is 24.3 Å². The molecule has 1 atom stereocenters. The summed E-state index contributed by atoms with van der Waals surface area (Å²) in [6.07, 6.45) is 5.34. The maximum Gasteiger partial charge on any atom is 0.259 e. The first-order chi connectivity index (χ1) is 9.37. The standard InChI is InChI=1S/C15H14O5/c16-12(11-5-2-1-3-6-11)8-10-14(18)9-4-7-13(17)15(14,19)20/h1-10,17-20H. The molecule has 0 aromatic heterocycles. The van der Waals surface area contributed by atoms with Crippen molar-refractivity contribution in [1.29, 1.82) is 0 Å². The summed E-state index contributed by atoms with van der Waals surface area (Å²) < 4.78 is 0. The summed E-state index contributed by atoms with van der Waals surface area (Å²) >= 11 is 0. The second-order valence-electron chi connectivity index (χ2n) is 4.47. The van der Waals surface area contributed by atoms with Crippen molar-refractivity contribution in [2.75, 3.05) is 0 Å². The monoisotopic (exact) mass is 274 g/mol. The van der Waals surface area contributed by atoms with Crippen molar-refractivity contribution in [3.63, 3.8) is 0 Å². The number of aliphatic hydroxyl groups excluding tert-OH is 1. The predicted molar refractivity (Wildman–Crippen MR) is 71.9 cm³/mol. The molecule has 0 heterocycles. The number of rotatable bonds is 3. The Balaban J connectivity index is 2.25. The molecular weight excluding hydrogens is 260 g/mol. The summed E-state index contributed by atoms with van der Waals surface area (Å²) in [4.78, 5) is 11.9. The molecule has 1 aromatic carbocycles. The van der Waals surface area contributed by atoms with Gasteiger partial charge in [-0.15, -0.1) is 0 Å². The molecule has 0 saturated carbocycles. The van der Waals surface area contributed by atoms with E-state index in [2.05, 4.69) is 0 Å². The van der Waals surface area contributed by atoms with Crippen molar-refractivity contribution in [3.8, 4) is 0 Å². The Morgan fingerprint density at radius 3 is 2.40 bits per heavy atom. The molecule has 0 saturated heterocycles. The number of benzene rings is 1. The Morgan fingerprint density at radius 2 is 1.75 bits per heavy atom. The van der Waals surface area contributed by atoms with Gasteiger partial charge in [-0.05, 0) is 24.3 Å². The first-order valence-electron chi connectivity index (χ1n) is 5.91. The molecule has 1 aliphatic rings. The second kappa shape index (κ2) is 5.05. The van der Waals surface area contributed by atoms with Crippen LogP contribution in [-0.4, -0.2) is 37.6 Å². The molecule has 4 N–H and O–H groups in total. The van der Waals surface area contributed by atoms with Crippen LogP contribution in [0.4, 0.5) is 0 Å². The highest BCUT2D eigenvalue weighted by atomic mass is 16.5. The zero-order chi connectivity index (χ0) is 14.8. The maximum absolute atomic E-state index is 11.9. The Hall–Kier alpha value is -2.21. The van der Waals surface area contributed by atoms with Gasteiger partial charge in [0.15, 0.2) is 17.1 Å². The van der Waals surface area contributed by atoms with Crippen LogP contribution in [0.1, 0.15) is 10.4 Å². The van der Waals surface area contributed by atoms with Gasteiger partial charge in [0, 0.05) is 5.56 Å². The van der Waals surface area contributed by atoms with Crippen molar-refractivity contribution < 1.29 is 25.2 Å². The number of hydrogen-bond donors (Lipinski definition) is 4. The fourth-order valence-electron chi connectivity index (χ4n) is 1.80. The molecular formula is C15H14O5. The largest absolute Gasteiger partial charge is 0.507 e. The van der Waals surface area contributed by atoms with Crippen LogP contribution in [0.3, 0.4) is 0 Å². The quantitative estimate of drug-likeness (QED) is 0.372. The summed E-state index contributed by atoms with van der Waals surface area (Å²) in [5, 5.41) is 39.0. The van der Waals surface area contributed by atoms with Gasteiger partial charge in [0.2, 0.25) is 0 Å². The zero-order valence-electron chi connectivity index (χ0n) is 10.5. The van der Waals surface area contributed by atoms with Gasteiger partial charge in [0.1, 0.15) is 0 Å². The second-order valence-corrected chi connectivity index (χ2v) is 4.47. The molecule has 20 heavy (non-hydrogen) atoms. The highest BCUT2D eigenvalue weighted by Gasteiger charge is 2.49. The van der Waals surface area contributed by atoms with Crippen LogP contribution >= 0.6 is 0 Å². The van der Waals surface area contributed by atoms with Crippen LogP contribution in [0.2, 0.25) is 0 Å². The van der Waals surface area contributed by atoms with Crippen molar-refractivity contribution in [1.82, 2.24) is 0 Å². The number of ketones is 1. The third-order valence-corrected chi connectivity index (χ3v) is 3.07. The number of carbonyl (C=O) groups is 1. The molecule has 5 heteroatoms. The lowest BCUT2D eigenvalue weighted by molar-refractivity contribution is -0.231. The van der Waals surface area contributed by atoms with Crippen LogP contribution < -0.4 is 0 Å². The molecule has 0 aliphatic heterocycles. The van der Waals surface area contributed by atoms with Crippen molar-refractivity contribution >= 4 is 5.78 Å². The molecule has 104 valence electrons. The number of carbonyl (C=O) groups excluding carboxylic acids is 1. The van der Waals surface area contributed by atoms with E-state index in [9.17, 15) is 25.2 Å². The summed E-state index contributed by atoms with van der Waals surface area (Å²) in [5.74, 6) is -4.09. The van der Waals surface area contributed by atoms with Gasteiger partial charge < -0.3 is 20.4 Å². The van der Waals surface area contributed by atoms with Gasteiger partial charge in [0.05, 0.1) is 0 Å². The van der Waals surface area contributed by atoms with Crippen molar-refractivity contribution in [2.45, 2.75) is 11.4 Å². The van der Waals surface area contributed by atoms with Gasteiger partial charge >= 0.3 is 0 Å². The van der Waals surface area contributed by atoms with E-state index in [-0.39, 0.29) is 0 Å². The van der Waals surface area contributed by atoms with Crippen LogP contribution in [0, 0.1) is 0 Å². The van der Waals surface area contributed by atoms with E-state index in [4.69, 9.17) is 0 Å². The first-order valence-corrected chi connectivity index (χ1v) is 5.91. The molecule has 1 aromatic rings. The smallest absolute Gasteiger partial charge is 0.259 e. The molecule has 0 fully saturated rings. The average molecular weight is 274 g/mol. The van der Waals surface area contributed by atoms with Crippen molar-refractivity contribution in [2.24, 2.45) is 0 Å². The number of allylic oxidation sites excluding steroid dienone is 3. The lowest BCUT2D eigenvalue weighted by Gasteiger charge is -2.36. The topological polar surface area (TPSA) is 98.0 Å². The van der Waals surface area contributed by atoms with Crippen molar-refractivity contribution in [3.05, 3.63) is 72.0 Å². The van der Waals surface area contributed by atoms with E-state index in [1.807, 2.05) is 0 Å². The molecule has 1 unspecified atom stereocenters. The minimum atomic E-state index is -2.88. The molecule has 0 amide bonds. The van der Waals surface area contributed by atoms with E-state index < -0.39 is 22.9 Å². The number of hydrogen-bond acceptors (Lipinski definition) is 5. The summed E-state index contributed by atoms with van der Waals surface area (Å²) in [5.41, 5.74) is -1.88. The third kappa shape index (κ3) is 2.42. The third-order valence-electron chi connectivity index (χ3n) is 3.07. The van der Waals surface area contributed by atoms with E-state index in [0.29, 0.717) is 5.56 Å². The molecule has 0 spiro atoms. The summed E-state index contributed by atoms with van der Waals surface area (Å²) in [6, 6.07) is 8.32. The molecule has 0 bridgehead atoms. The zero-order valence-corrected chi connectivity index (χ0v) is 10.5. The van der Waals surface area contributed by atoms with Gasteiger partial charge in [-0.1, -0.05) is 36.4 Å². The van der Waals surface area contributed by atoms with Gasteiger partial charge in [-0.3, -0.25) is 4.79 Å². The van der Waals surface area contributed by atoms with E-state index in [1.165, 1.54) is 6.08 Å². The maximum atomic E-state index is 11.9. The fourth-order valence-corrected chi connectivity index (χ4v) is 1.80. The average Bonchev–Trinajstić information content (AvgIpc) is 2.44. The lowest BCUT2D eigenvalue weighted by Crippen LogP contribution is -2.54. The SMILES string of the molecule is O=C(C=CC1(O)C=CC=C(O)C1(O)O)c1ccccc1. The normalized spacial score (nSPS) is 24.6. The summed E-state index contributed by atoms with van der Waals surface area (Å²) in [7, 11) is 0. The fraction of sp³-hybridized carbons (Fsp3) is 0.133. The minimum absolute atomic E-state index is 0.397. The first kappa shape index (κ1) is 14.2. The molecule has 0 radical (unpaired) electrons. The Bertz CT molecular complexity index is 598. The minimum Gasteiger partial charge on any atom is -0.507 e. The van der Waals surface area contributed by atoms with Gasteiger partial charge in [-0.2, -0.15) is 0 Å². The van der Waals surface area contributed by atoms with Crippen LogP contribution in [-0.2, 0) is 0 Å². The Morgan fingerprint density at radius 1 is 1.10 bits per heavy atom. The Kier molecular flexibility index (Phi) is 3.59. The van der Waals surface area contributed by atoms with E-state index in [1.54, 1.807) is 30.3 Å². The predicted octanol–water partition coefficient (Wildman–Crippen LogP) is 0.849. The van der Waals surface area contributed by atoms with Gasteiger partial charge in [-0.25, -0.2) is 0 Å². The van der Waals surface area contributed by atoms with Crippen LogP contribution in [0.15, 0.2) is 66.5 Å². The Labute approximate surface area is 115 Å². The highest BCUT2D eigenvalue weighted by molar-refractivity contribution is 6.04. The molecule has 5 nitrogen and oxygen atoms in total. The highest BCUT2D eigenvalue weighted by Crippen LogP contribution is 2.32. The number of aliphatic hydroxyl groups is 4. The lowest BCUT2D eigenvalue weighted by atomic mass is 9.86. The summed E-state index contributed by atoms with van der Waals surface area (Å²) in [6.45, 7) is 0. The van der Waals surface area contributed by atoms with Gasteiger partial charge in [0.25, 0.3) is 5.79 Å². The van der Waals surface area contributed by atoms with Crippen LogP contribution in [0.5, 0.6) is 0 Å². The van der Waals surface area contributed by atoms with E-state index >= 15 is 0 Å². The molecule has 2 rings (SSSR count). The van der Waals surface area contributed by atoms with Crippen LogP contribution in [0.25, 0.3) is 0 Å².